The lowest BCUT2D eigenvalue weighted by Gasteiger charge is -2.34. The van der Waals surface area contributed by atoms with E-state index in [2.05, 4.69) is 5.32 Å². The lowest BCUT2D eigenvalue weighted by atomic mass is 9.92. The van der Waals surface area contributed by atoms with Crippen LogP contribution < -0.4 is 10.1 Å². The summed E-state index contributed by atoms with van der Waals surface area (Å²) in [5.41, 5.74) is 0.727. The molecule has 0 unspecified atom stereocenters. The number of benzene rings is 2. The third-order valence-corrected chi connectivity index (χ3v) is 7.28. The minimum Gasteiger partial charge on any atom is -0.497 e. The fourth-order valence-electron chi connectivity index (χ4n) is 3.86. The van der Waals surface area contributed by atoms with E-state index in [0.717, 1.165) is 5.56 Å². The van der Waals surface area contributed by atoms with Crippen molar-refractivity contribution in [1.82, 2.24) is 9.62 Å². The smallest absolute Gasteiger partial charge is 0.243 e. The Labute approximate surface area is 179 Å². The van der Waals surface area contributed by atoms with Crippen LogP contribution in [0.3, 0.4) is 0 Å². The van der Waals surface area contributed by atoms with E-state index < -0.39 is 15.6 Å². The average molecular weight is 431 g/mol. The number of methoxy groups -OCH3 is 1. The van der Waals surface area contributed by atoms with Crippen molar-refractivity contribution in [1.29, 1.82) is 0 Å². The van der Waals surface area contributed by atoms with E-state index in [1.54, 1.807) is 24.3 Å². The fraction of sp³-hybridized carbons (Fsp3) is 0.435. The molecule has 1 amide bonds. The lowest BCUT2D eigenvalue weighted by Crippen LogP contribution is -2.51. The molecule has 162 valence electrons. The van der Waals surface area contributed by atoms with Gasteiger partial charge in [-0.3, -0.25) is 4.79 Å². The highest BCUT2D eigenvalue weighted by molar-refractivity contribution is 7.89. The monoisotopic (exact) mass is 430 g/mol. The molecule has 0 saturated carbocycles. The second-order valence-corrected chi connectivity index (χ2v) is 10.4. The second-order valence-electron chi connectivity index (χ2n) is 8.41. The molecule has 6 nitrogen and oxygen atoms in total. The maximum Gasteiger partial charge on any atom is 0.243 e. The van der Waals surface area contributed by atoms with Crippen LogP contribution in [0.25, 0.3) is 0 Å². The molecule has 1 aliphatic heterocycles. The van der Waals surface area contributed by atoms with Gasteiger partial charge in [0.05, 0.1) is 17.9 Å². The first-order valence-corrected chi connectivity index (χ1v) is 11.7. The van der Waals surface area contributed by atoms with Gasteiger partial charge in [0.25, 0.3) is 0 Å². The van der Waals surface area contributed by atoms with E-state index in [1.165, 1.54) is 11.4 Å². The number of nitrogens with one attached hydrogen (secondary N) is 1. The molecule has 2 aromatic carbocycles. The van der Waals surface area contributed by atoms with E-state index in [9.17, 15) is 13.2 Å². The zero-order chi connectivity index (χ0) is 21.8. The SMILES string of the molecule is COc1ccc(S(=O)(=O)N2CCC[C@H](C(=O)NC(C)(C)Cc3ccccc3)C2)cc1. The quantitative estimate of drug-likeness (QED) is 0.732. The predicted molar refractivity (Wildman–Crippen MR) is 117 cm³/mol. The van der Waals surface area contributed by atoms with Crippen molar-refractivity contribution in [2.24, 2.45) is 5.92 Å². The van der Waals surface area contributed by atoms with Gasteiger partial charge in [0.2, 0.25) is 15.9 Å². The van der Waals surface area contributed by atoms with Gasteiger partial charge in [0, 0.05) is 18.6 Å². The molecule has 30 heavy (non-hydrogen) atoms. The molecule has 1 saturated heterocycles. The van der Waals surface area contributed by atoms with Crippen molar-refractivity contribution in [3.8, 4) is 5.75 Å². The molecule has 0 radical (unpaired) electrons. The van der Waals surface area contributed by atoms with E-state index in [1.807, 2.05) is 44.2 Å². The van der Waals surface area contributed by atoms with Crippen molar-refractivity contribution in [3.05, 3.63) is 60.2 Å². The normalized spacial score (nSPS) is 18.0. The van der Waals surface area contributed by atoms with Gasteiger partial charge in [-0.2, -0.15) is 4.31 Å². The highest BCUT2D eigenvalue weighted by Gasteiger charge is 2.35. The Kier molecular flexibility index (Phi) is 6.83. The van der Waals surface area contributed by atoms with Gasteiger partial charge in [-0.1, -0.05) is 30.3 Å². The molecule has 2 aromatic rings. The van der Waals surface area contributed by atoms with Crippen LogP contribution in [0.5, 0.6) is 5.75 Å². The van der Waals surface area contributed by atoms with Gasteiger partial charge in [0.1, 0.15) is 5.75 Å². The molecule has 1 heterocycles. The Bertz CT molecular complexity index is 956. The van der Waals surface area contributed by atoms with Crippen LogP contribution >= 0.6 is 0 Å². The van der Waals surface area contributed by atoms with E-state index >= 15 is 0 Å². The Morgan fingerprint density at radius 1 is 1.13 bits per heavy atom. The molecule has 1 fully saturated rings. The number of rotatable bonds is 7. The van der Waals surface area contributed by atoms with E-state index in [0.29, 0.717) is 31.6 Å². The van der Waals surface area contributed by atoms with Crippen LogP contribution in [0.4, 0.5) is 0 Å². The van der Waals surface area contributed by atoms with Crippen molar-refractivity contribution in [2.75, 3.05) is 20.2 Å². The maximum atomic E-state index is 13.0. The first-order valence-electron chi connectivity index (χ1n) is 10.2. The topological polar surface area (TPSA) is 75.7 Å². The van der Waals surface area contributed by atoms with Crippen LogP contribution in [-0.4, -0.2) is 44.4 Å². The van der Waals surface area contributed by atoms with Crippen molar-refractivity contribution < 1.29 is 17.9 Å². The zero-order valence-corrected chi connectivity index (χ0v) is 18.6. The number of nitrogens with zero attached hydrogens (tertiary/aromatic N) is 1. The van der Waals surface area contributed by atoms with Gasteiger partial charge in [0.15, 0.2) is 0 Å². The molecule has 1 N–H and O–H groups in total. The van der Waals surface area contributed by atoms with Crippen molar-refractivity contribution >= 4 is 15.9 Å². The zero-order valence-electron chi connectivity index (χ0n) is 17.8. The Morgan fingerprint density at radius 3 is 2.43 bits per heavy atom. The molecule has 0 spiro atoms. The number of amides is 1. The van der Waals surface area contributed by atoms with Gasteiger partial charge in [-0.15, -0.1) is 0 Å². The molecule has 1 atom stereocenters. The first-order chi connectivity index (χ1) is 14.2. The number of ether oxygens (including phenoxy) is 1. The second kappa shape index (κ2) is 9.18. The number of carbonyl (C=O) groups is 1. The Morgan fingerprint density at radius 2 is 1.80 bits per heavy atom. The summed E-state index contributed by atoms with van der Waals surface area (Å²) >= 11 is 0. The summed E-state index contributed by atoms with van der Waals surface area (Å²) in [6.45, 7) is 4.60. The summed E-state index contributed by atoms with van der Waals surface area (Å²) in [7, 11) is -2.11. The van der Waals surface area contributed by atoms with Crippen LogP contribution in [0, 0.1) is 5.92 Å². The minimum atomic E-state index is -3.65. The third-order valence-electron chi connectivity index (χ3n) is 5.40. The van der Waals surface area contributed by atoms with Crippen LogP contribution in [0.1, 0.15) is 32.3 Å². The van der Waals surface area contributed by atoms with Crippen LogP contribution in [-0.2, 0) is 21.2 Å². The van der Waals surface area contributed by atoms with Gasteiger partial charge in [-0.05, 0) is 62.9 Å². The predicted octanol–water partition coefficient (Wildman–Crippen LogP) is 3.23. The Hall–Kier alpha value is -2.38. The number of hydrogen-bond acceptors (Lipinski definition) is 4. The summed E-state index contributed by atoms with van der Waals surface area (Å²) in [5.74, 6) is 0.151. The first kappa shape index (κ1) is 22.3. The van der Waals surface area contributed by atoms with Crippen LogP contribution in [0.2, 0.25) is 0 Å². The molecule has 0 aromatic heterocycles. The van der Waals surface area contributed by atoms with Gasteiger partial charge in [-0.25, -0.2) is 8.42 Å². The maximum absolute atomic E-state index is 13.0. The third kappa shape index (κ3) is 5.40. The summed E-state index contributed by atoms with van der Waals surface area (Å²) in [6, 6.07) is 16.4. The average Bonchev–Trinajstić information content (AvgIpc) is 2.74. The fourth-order valence-corrected chi connectivity index (χ4v) is 5.38. The minimum absolute atomic E-state index is 0.0921. The molecule has 0 aliphatic carbocycles. The molecular weight excluding hydrogens is 400 g/mol. The largest absolute Gasteiger partial charge is 0.497 e. The number of carbonyl (C=O) groups excluding carboxylic acids is 1. The van der Waals surface area contributed by atoms with Crippen molar-refractivity contribution in [3.63, 3.8) is 0 Å². The van der Waals surface area contributed by atoms with E-state index in [-0.39, 0.29) is 23.3 Å². The Balaban J connectivity index is 1.66. The molecule has 0 bridgehead atoms. The molecule has 1 aliphatic rings. The summed E-state index contributed by atoms with van der Waals surface area (Å²) in [6.07, 6.45) is 2.05. The van der Waals surface area contributed by atoms with Crippen LogP contribution in [0.15, 0.2) is 59.5 Å². The molecule has 3 rings (SSSR count). The lowest BCUT2D eigenvalue weighted by molar-refractivity contribution is -0.127. The van der Waals surface area contributed by atoms with Gasteiger partial charge >= 0.3 is 0 Å². The highest BCUT2D eigenvalue weighted by atomic mass is 32.2. The highest BCUT2D eigenvalue weighted by Crippen LogP contribution is 2.26. The number of sulfonamides is 1. The standard InChI is InChI=1S/C23H30N2O4S/c1-23(2,16-18-8-5-4-6-9-18)24-22(26)19-10-7-15-25(17-19)30(27,28)21-13-11-20(29-3)12-14-21/h4-6,8-9,11-14,19H,7,10,15-17H2,1-3H3,(H,24,26)/t19-/m0/s1. The molecule has 7 heteroatoms. The number of hydrogen-bond donors (Lipinski definition) is 1. The summed E-state index contributed by atoms with van der Waals surface area (Å²) in [5, 5.41) is 3.12. The molecular formula is C23H30N2O4S. The summed E-state index contributed by atoms with van der Waals surface area (Å²) < 4.78 is 32.6. The number of piperidine rings is 1. The van der Waals surface area contributed by atoms with Crippen molar-refractivity contribution in [2.45, 2.75) is 43.5 Å². The summed E-state index contributed by atoms with van der Waals surface area (Å²) in [4.78, 5) is 13.2. The van der Waals surface area contributed by atoms with E-state index in [4.69, 9.17) is 4.74 Å². The van der Waals surface area contributed by atoms with Gasteiger partial charge < -0.3 is 10.1 Å².